The number of carbonyl (C=O) groups excluding carboxylic acids is 1. The predicted molar refractivity (Wildman–Crippen MR) is 133 cm³/mol. The second kappa shape index (κ2) is 9.27. The van der Waals surface area contributed by atoms with Crippen LogP contribution in [-0.2, 0) is 4.79 Å². The van der Waals surface area contributed by atoms with E-state index in [-0.39, 0.29) is 18.9 Å². The zero-order valence-electron chi connectivity index (χ0n) is 19.9. The Balaban J connectivity index is 1.40. The second-order valence-electron chi connectivity index (χ2n) is 9.61. The molecule has 1 aliphatic carbocycles. The fourth-order valence-corrected chi connectivity index (χ4v) is 4.90. The van der Waals surface area contributed by atoms with Gasteiger partial charge in [0.2, 0.25) is 5.91 Å². The lowest BCUT2D eigenvalue weighted by Crippen LogP contribution is -2.50. The first-order chi connectivity index (χ1) is 16.8. The van der Waals surface area contributed by atoms with Gasteiger partial charge in [-0.1, -0.05) is 30.3 Å². The van der Waals surface area contributed by atoms with Crippen molar-refractivity contribution in [1.29, 1.82) is 5.26 Å². The first-order valence-electron chi connectivity index (χ1n) is 12.1. The van der Waals surface area contributed by atoms with Crippen molar-refractivity contribution < 1.29 is 14.8 Å². The number of hydrogen-bond donors (Lipinski definition) is 1. The molecule has 35 heavy (non-hydrogen) atoms. The van der Waals surface area contributed by atoms with Crippen molar-refractivity contribution in [1.82, 2.24) is 9.88 Å². The van der Waals surface area contributed by atoms with Crippen LogP contribution in [0.2, 0.25) is 0 Å². The summed E-state index contributed by atoms with van der Waals surface area (Å²) in [4.78, 5) is 20.0. The summed E-state index contributed by atoms with van der Waals surface area (Å²) < 4.78 is 0. The average molecular weight is 472 g/mol. The summed E-state index contributed by atoms with van der Waals surface area (Å²) in [5, 5.41) is 31.0. The van der Waals surface area contributed by atoms with Crippen molar-refractivity contribution in [3.8, 4) is 17.2 Å². The normalized spacial score (nSPS) is 17.8. The summed E-state index contributed by atoms with van der Waals surface area (Å²) in [6.45, 7) is 2.44. The van der Waals surface area contributed by atoms with Gasteiger partial charge in [-0.2, -0.15) is 5.26 Å². The number of rotatable bonds is 6. The average Bonchev–Trinajstić information content (AvgIpc) is 3.71. The molecule has 1 aromatic heterocycles. The van der Waals surface area contributed by atoms with E-state index in [1.165, 1.54) is 23.8 Å². The molecule has 1 atom stereocenters. The molecule has 0 radical (unpaired) electrons. The summed E-state index contributed by atoms with van der Waals surface area (Å²) in [5.74, 6) is 0.424. The van der Waals surface area contributed by atoms with Gasteiger partial charge in [-0.05, 0) is 42.0 Å². The van der Waals surface area contributed by atoms with Crippen LogP contribution in [0, 0.1) is 16.5 Å². The Morgan fingerprint density at radius 3 is 2.51 bits per heavy atom. The number of aromatic nitrogens is 1. The summed E-state index contributed by atoms with van der Waals surface area (Å²) in [6, 6.07) is 16.1. The summed E-state index contributed by atoms with van der Waals surface area (Å²) >= 11 is 0. The maximum atomic E-state index is 12.5. The molecule has 3 aromatic rings. The fraction of sp³-hybridized carbons (Fsp3) is 0.370. The van der Waals surface area contributed by atoms with Crippen molar-refractivity contribution in [2.75, 3.05) is 44.7 Å². The fourth-order valence-electron chi connectivity index (χ4n) is 4.90. The van der Waals surface area contributed by atoms with E-state index in [0.717, 1.165) is 29.4 Å². The van der Waals surface area contributed by atoms with Crippen LogP contribution < -0.4 is 4.90 Å². The molecule has 8 nitrogen and oxygen atoms in total. The number of pyridine rings is 1. The number of nitriles is 1. The van der Waals surface area contributed by atoms with Crippen LogP contribution in [0.15, 0.2) is 48.7 Å². The van der Waals surface area contributed by atoms with Gasteiger partial charge >= 0.3 is 0 Å². The van der Waals surface area contributed by atoms with E-state index in [4.69, 9.17) is 10.2 Å². The molecular formula is C27H29N5O3. The third-order valence-corrected chi connectivity index (χ3v) is 6.94. The number of amides is 1. The number of fused-ring (bicyclic) bond motifs is 1. The lowest BCUT2D eigenvalue weighted by atomic mass is 9.96. The molecule has 0 bridgehead atoms. The Morgan fingerprint density at radius 2 is 1.89 bits per heavy atom. The number of quaternary nitrogens is 1. The SMILES string of the molecule is C[N+]([O-])(O)CCC(=O)N1CCN(c2cnc3c(-c4ccc(C#N)cc4)cccc3c2C2CC2)CC1. The molecule has 1 aliphatic heterocycles. The Kier molecular flexibility index (Phi) is 6.15. The molecule has 1 amide bonds. The number of carbonyl (C=O) groups is 1. The van der Waals surface area contributed by atoms with Crippen LogP contribution in [0.3, 0.4) is 0 Å². The van der Waals surface area contributed by atoms with Crippen LogP contribution in [0.5, 0.6) is 0 Å². The van der Waals surface area contributed by atoms with Gasteiger partial charge in [0.1, 0.15) is 6.54 Å². The van der Waals surface area contributed by atoms with Gasteiger partial charge in [-0.3, -0.25) is 9.78 Å². The Hall–Kier alpha value is -3.51. The molecule has 1 saturated carbocycles. The van der Waals surface area contributed by atoms with E-state index in [1.54, 1.807) is 4.90 Å². The highest BCUT2D eigenvalue weighted by molar-refractivity contribution is 5.98. The predicted octanol–water partition coefficient (Wildman–Crippen LogP) is 4.02. The highest BCUT2D eigenvalue weighted by Gasteiger charge is 2.32. The largest absolute Gasteiger partial charge is 0.599 e. The van der Waals surface area contributed by atoms with Gasteiger partial charge in [0.15, 0.2) is 0 Å². The van der Waals surface area contributed by atoms with Gasteiger partial charge in [0, 0.05) is 37.1 Å². The van der Waals surface area contributed by atoms with Gasteiger partial charge in [0.25, 0.3) is 0 Å². The van der Waals surface area contributed by atoms with E-state index in [0.29, 0.717) is 37.7 Å². The third kappa shape index (κ3) is 4.98. The van der Waals surface area contributed by atoms with Crippen LogP contribution >= 0.6 is 0 Å². The van der Waals surface area contributed by atoms with E-state index < -0.39 is 4.81 Å². The molecule has 1 saturated heterocycles. The molecule has 2 heterocycles. The zero-order chi connectivity index (χ0) is 24.6. The highest BCUT2D eigenvalue weighted by Crippen LogP contribution is 2.48. The topological polar surface area (TPSA) is 104 Å². The first-order valence-corrected chi connectivity index (χ1v) is 12.1. The number of para-hydroxylation sites is 1. The smallest absolute Gasteiger partial charge is 0.228 e. The summed E-state index contributed by atoms with van der Waals surface area (Å²) in [6.07, 6.45) is 4.35. The minimum atomic E-state index is -1.44. The third-order valence-electron chi connectivity index (χ3n) is 6.94. The van der Waals surface area contributed by atoms with Gasteiger partial charge in [-0.25, -0.2) is 10.0 Å². The lowest BCUT2D eigenvalue weighted by molar-refractivity contribution is -1.05. The molecule has 2 aromatic carbocycles. The number of nitrogens with zero attached hydrogens (tertiary/aromatic N) is 5. The maximum absolute atomic E-state index is 12.5. The maximum Gasteiger partial charge on any atom is 0.228 e. The molecule has 2 fully saturated rings. The molecule has 1 N–H and O–H groups in total. The molecular weight excluding hydrogens is 442 g/mol. The number of piperazine rings is 1. The highest BCUT2D eigenvalue weighted by atomic mass is 16.8. The minimum Gasteiger partial charge on any atom is -0.599 e. The molecule has 1 unspecified atom stereocenters. The number of hydrogen-bond acceptors (Lipinski definition) is 6. The van der Waals surface area contributed by atoms with E-state index in [2.05, 4.69) is 29.2 Å². The van der Waals surface area contributed by atoms with Gasteiger partial charge in [0.05, 0.1) is 42.5 Å². The molecule has 0 spiro atoms. The van der Waals surface area contributed by atoms with Crippen LogP contribution in [-0.4, -0.2) is 65.6 Å². The first kappa shape index (κ1) is 23.2. The quantitative estimate of drug-likeness (QED) is 0.430. The summed E-state index contributed by atoms with van der Waals surface area (Å²) in [5.41, 5.74) is 6.19. The van der Waals surface area contributed by atoms with Crippen molar-refractivity contribution in [3.05, 3.63) is 65.0 Å². The number of anilines is 1. The van der Waals surface area contributed by atoms with Gasteiger partial charge < -0.3 is 15.0 Å². The second-order valence-corrected chi connectivity index (χ2v) is 9.61. The van der Waals surface area contributed by atoms with E-state index in [9.17, 15) is 15.2 Å². The Labute approximate surface area is 204 Å². The van der Waals surface area contributed by atoms with Crippen LogP contribution in [0.25, 0.3) is 22.0 Å². The van der Waals surface area contributed by atoms with Crippen LogP contribution in [0.4, 0.5) is 5.69 Å². The van der Waals surface area contributed by atoms with Crippen molar-refractivity contribution >= 4 is 22.5 Å². The Morgan fingerprint density at radius 1 is 1.17 bits per heavy atom. The van der Waals surface area contributed by atoms with Crippen molar-refractivity contribution in [2.24, 2.45) is 0 Å². The zero-order valence-corrected chi connectivity index (χ0v) is 19.9. The molecule has 2 aliphatic rings. The Bertz CT molecular complexity index is 1280. The monoisotopic (exact) mass is 471 g/mol. The number of hydroxylamine groups is 4. The van der Waals surface area contributed by atoms with Crippen molar-refractivity contribution in [3.63, 3.8) is 0 Å². The van der Waals surface area contributed by atoms with Gasteiger partial charge in [-0.15, -0.1) is 0 Å². The van der Waals surface area contributed by atoms with E-state index >= 15 is 0 Å². The van der Waals surface area contributed by atoms with Crippen molar-refractivity contribution in [2.45, 2.75) is 25.2 Å². The molecule has 180 valence electrons. The minimum absolute atomic E-state index is 0.0411. The lowest BCUT2D eigenvalue weighted by Gasteiger charge is -2.37. The standard InChI is InChI=1S/C27H29N5O3/c1-32(34,35)16-11-25(33)31-14-12-30(13-15-31)24-18-29-27-22(20-7-5-19(17-28)6-8-20)3-2-4-23(27)26(24)21-9-10-21/h2-8,18,21,34H,9-16H2,1H3. The molecule has 5 rings (SSSR count). The summed E-state index contributed by atoms with van der Waals surface area (Å²) in [7, 11) is 1.13. The van der Waals surface area contributed by atoms with E-state index in [1.807, 2.05) is 30.5 Å². The number of benzene rings is 2. The van der Waals surface area contributed by atoms with Crippen LogP contribution in [0.1, 0.15) is 36.3 Å². The molecule has 8 heteroatoms.